The quantitative estimate of drug-likeness (QED) is 0.671. The highest BCUT2D eigenvalue weighted by atomic mass is 19.2. The van der Waals surface area contributed by atoms with Crippen molar-refractivity contribution in [3.05, 3.63) is 59.7 Å². The van der Waals surface area contributed by atoms with Gasteiger partial charge < -0.3 is 14.8 Å². The summed E-state index contributed by atoms with van der Waals surface area (Å²) in [7, 11) is 0. The summed E-state index contributed by atoms with van der Waals surface area (Å²) in [4.78, 5) is 14.4. The number of piperidine rings is 1. The molecular weight excluding hydrogens is 390 g/mol. The van der Waals surface area contributed by atoms with Gasteiger partial charge in [0.1, 0.15) is 11.5 Å². The van der Waals surface area contributed by atoms with Crippen molar-refractivity contribution >= 4 is 5.91 Å². The van der Waals surface area contributed by atoms with E-state index in [1.165, 1.54) is 6.07 Å². The molecule has 0 atom stereocenters. The number of rotatable bonds is 9. The van der Waals surface area contributed by atoms with E-state index >= 15 is 0 Å². The number of benzene rings is 2. The minimum Gasteiger partial charge on any atom is -0.494 e. The van der Waals surface area contributed by atoms with Crippen molar-refractivity contribution in [3.8, 4) is 11.5 Å². The monoisotopic (exact) mass is 418 g/mol. The van der Waals surface area contributed by atoms with Crippen molar-refractivity contribution in [3.63, 3.8) is 0 Å². The van der Waals surface area contributed by atoms with Crippen LogP contribution in [0.1, 0.15) is 31.7 Å². The number of nitrogens with one attached hydrogen (secondary N) is 1. The molecular formula is C23H28F2N2O3. The molecule has 0 aromatic heterocycles. The molecule has 0 aliphatic carbocycles. The van der Waals surface area contributed by atoms with Gasteiger partial charge in [0, 0.05) is 25.7 Å². The molecule has 1 amide bonds. The van der Waals surface area contributed by atoms with Crippen LogP contribution in [0.2, 0.25) is 0 Å². The third kappa shape index (κ3) is 6.69. The van der Waals surface area contributed by atoms with Crippen molar-refractivity contribution in [2.45, 2.75) is 38.8 Å². The number of likely N-dealkylation sites (tertiary alicyclic amines) is 1. The zero-order chi connectivity index (χ0) is 21.3. The van der Waals surface area contributed by atoms with Crippen LogP contribution in [0.15, 0.2) is 42.5 Å². The number of hydrogen-bond acceptors (Lipinski definition) is 4. The number of amides is 1. The van der Waals surface area contributed by atoms with Crippen LogP contribution in [-0.2, 0) is 11.3 Å². The molecule has 0 unspecified atom stereocenters. The van der Waals surface area contributed by atoms with Gasteiger partial charge in [0.15, 0.2) is 18.2 Å². The summed E-state index contributed by atoms with van der Waals surface area (Å²) in [5, 5.41) is 3.00. The molecule has 0 bridgehead atoms. The van der Waals surface area contributed by atoms with E-state index in [4.69, 9.17) is 9.47 Å². The third-order valence-corrected chi connectivity index (χ3v) is 5.01. The Morgan fingerprint density at radius 2 is 1.70 bits per heavy atom. The second kappa shape index (κ2) is 10.9. The number of halogens is 2. The summed E-state index contributed by atoms with van der Waals surface area (Å²) in [5.74, 6) is -0.402. The summed E-state index contributed by atoms with van der Waals surface area (Å²) >= 11 is 0. The fourth-order valence-electron chi connectivity index (χ4n) is 3.40. The Morgan fingerprint density at radius 1 is 1.03 bits per heavy atom. The first-order valence-electron chi connectivity index (χ1n) is 10.3. The smallest absolute Gasteiger partial charge is 0.258 e. The molecule has 3 rings (SSSR count). The zero-order valence-electron chi connectivity index (χ0n) is 17.2. The Morgan fingerprint density at radius 3 is 2.33 bits per heavy atom. The highest BCUT2D eigenvalue weighted by molar-refractivity contribution is 5.77. The van der Waals surface area contributed by atoms with E-state index in [0.29, 0.717) is 18.9 Å². The molecule has 2 aromatic carbocycles. The van der Waals surface area contributed by atoms with E-state index in [1.54, 1.807) is 18.2 Å². The Bertz CT molecular complexity index is 822. The second-order valence-corrected chi connectivity index (χ2v) is 7.47. The Kier molecular flexibility index (Phi) is 8.02. The maximum atomic E-state index is 13.3. The molecule has 5 nitrogen and oxygen atoms in total. The Hall–Kier alpha value is -2.67. The molecule has 1 saturated heterocycles. The predicted octanol–water partition coefficient (Wildman–Crippen LogP) is 3.91. The van der Waals surface area contributed by atoms with Crippen molar-refractivity contribution in [1.82, 2.24) is 10.2 Å². The van der Waals surface area contributed by atoms with E-state index in [9.17, 15) is 13.6 Å². The molecule has 1 N–H and O–H groups in total. The molecule has 162 valence electrons. The van der Waals surface area contributed by atoms with Gasteiger partial charge in [-0.2, -0.15) is 0 Å². The first-order chi connectivity index (χ1) is 14.5. The highest BCUT2D eigenvalue weighted by Crippen LogP contribution is 2.18. The normalized spacial score (nSPS) is 15.0. The average molecular weight is 418 g/mol. The van der Waals surface area contributed by atoms with Crippen molar-refractivity contribution in [1.29, 1.82) is 0 Å². The molecule has 1 heterocycles. The summed E-state index contributed by atoms with van der Waals surface area (Å²) in [5.41, 5.74) is 0.746. The van der Waals surface area contributed by atoms with Crippen LogP contribution in [-0.4, -0.2) is 43.2 Å². The minimum absolute atomic E-state index is 0.0375. The number of carbonyl (C=O) groups is 1. The first-order valence-corrected chi connectivity index (χ1v) is 10.3. The molecule has 1 aliphatic rings. The largest absolute Gasteiger partial charge is 0.494 e. The van der Waals surface area contributed by atoms with E-state index in [0.717, 1.165) is 49.7 Å². The zero-order valence-corrected chi connectivity index (χ0v) is 17.2. The lowest BCUT2D eigenvalue weighted by Crippen LogP contribution is -2.45. The standard InChI is InChI=1S/C23H28F2N2O3/c1-2-13-29-19-4-6-20(7-5-19)30-16-23(28)26-18-9-11-27(12-10-18)15-17-3-8-21(24)22(25)14-17/h3-8,14,18H,2,9-13,15-16H2,1H3,(H,26,28). The van der Waals surface area contributed by atoms with Gasteiger partial charge in [0.25, 0.3) is 5.91 Å². The Labute approximate surface area is 176 Å². The lowest BCUT2D eigenvalue weighted by atomic mass is 10.0. The molecule has 1 fully saturated rings. The topological polar surface area (TPSA) is 50.8 Å². The first kappa shape index (κ1) is 22.0. The van der Waals surface area contributed by atoms with E-state index in [-0.39, 0.29) is 18.6 Å². The van der Waals surface area contributed by atoms with Crippen molar-refractivity contribution in [2.24, 2.45) is 0 Å². The SMILES string of the molecule is CCCOc1ccc(OCC(=O)NC2CCN(Cc3ccc(F)c(F)c3)CC2)cc1. The van der Waals surface area contributed by atoms with Crippen LogP contribution in [0, 0.1) is 11.6 Å². The van der Waals surface area contributed by atoms with Gasteiger partial charge in [-0.1, -0.05) is 13.0 Å². The summed E-state index contributed by atoms with van der Waals surface area (Å²) < 4.78 is 37.4. The summed E-state index contributed by atoms with van der Waals surface area (Å²) in [6, 6.07) is 11.3. The van der Waals surface area contributed by atoms with Crippen LogP contribution < -0.4 is 14.8 Å². The van der Waals surface area contributed by atoms with Crippen LogP contribution in [0.5, 0.6) is 11.5 Å². The number of nitrogens with zero attached hydrogens (tertiary/aromatic N) is 1. The fraction of sp³-hybridized carbons (Fsp3) is 0.435. The van der Waals surface area contributed by atoms with E-state index < -0.39 is 11.6 Å². The van der Waals surface area contributed by atoms with Gasteiger partial charge in [-0.25, -0.2) is 8.78 Å². The third-order valence-electron chi connectivity index (χ3n) is 5.01. The highest BCUT2D eigenvalue weighted by Gasteiger charge is 2.21. The number of carbonyl (C=O) groups excluding carboxylic acids is 1. The predicted molar refractivity (Wildman–Crippen MR) is 111 cm³/mol. The molecule has 0 radical (unpaired) electrons. The van der Waals surface area contributed by atoms with Gasteiger partial charge in [0.05, 0.1) is 6.61 Å². The lowest BCUT2D eigenvalue weighted by Gasteiger charge is -2.32. The van der Waals surface area contributed by atoms with Crippen molar-refractivity contribution < 1.29 is 23.0 Å². The van der Waals surface area contributed by atoms with Gasteiger partial charge in [-0.3, -0.25) is 9.69 Å². The summed E-state index contributed by atoms with van der Waals surface area (Å²) in [6.07, 6.45) is 2.56. The molecule has 0 saturated carbocycles. The molecule has 0 spiro atoms. The maximum Gasteiger partial charge on any atom is 0.258 e. The maximum absolute atomic E-state index is 13.3. The van der Waals surface area contributed by atoms with Gasteiger partial charge in [0.2, 0.25) is 0 Å². The van der Waals surface area contributed by atoms with Gasteiger partial charge in [-0.05, 0) is 61.2 Å². The van der Waals surface area contributed by atoms with Crippen LogP contribution in [0.4, 0.5) is 8.78 Å². The number of ether oxygens (including phenoxy) is 2. The van der Waals surface area contributed by atoms with E-state index in [2.05, 4.69) is 10.2 Å². The molecule has 2 aromatic rings. The fourth-order valence-corrected chi connectivity index (χ4v) is 3.40. The van der Waals surface area contributed by atoms with Gasteiger partial charge in [-0.15, -0.1) is 0 Å². The molecule has 30 heavy (non-hydrogen) atoms. The van der Waals surface area contributed by atoms with Crippen LogP contribution in [0.3, 0.4) is 0 Å². The number of hydrogen-bond donors (Lipinski definition) is 1. The van der Waals surface area contributed by atoms with E-state index in [1.807, 2.05) is 19.1 Å². The van der Waals surface area contributed by atoms with Crippen molar-refractivity contribution in [2.75, 3.05) is 26.3 Å². The van der Waals surface area contributed by atoms with Crippen LogP contribution in [0.25, 0.3) is 0 Å². The minimum atomic E-state index is -0.830. The van der Waals surface area contributed by atoms with Gasteiger partial charge >= 0.3 is 0 Å². The Balaban J connectivity index is 1.36. The lowest BCUT2D eigenvalue weighted by molar-refractivity contribution is -0.124. The van der Waals surface area contributed by atoms with Crippen LogP contribution >= 0.6 is 0 Å². The second-order valence-electron chi connectivity index (χ2n) is 7.47. The molecule has 7 heteroatoms. The average Bonchev–Trinajstić information content (AvgIpc) is 2.75. The molecule has 1 aliphatic heterocycles. The summed E-state index contributed by atoms with van der Waals surface area (Å²) in [6.45, 7) is 4.81.